The maximum Gasteiger partial charge on any atom is 0.0403 e. The zero-order valence-electron chi connectivity index (χ0n) is 13.0. The van der Waals surface area contributed by atoms with E-state index >= 15 is 0 Å². The molecule has 2 aromatic rings. The lowest BCUT2D eigenvalue weighted by molar-refractivity contribution is 0.402. The molecule has 0 heterocycles. The first kappa shape index (κ1) is 14.2. The van der Waals surface area contributed by atoms with Crippen LogP contribution < -0.4 is 5.32 Å². The average Bonchev–Trinajstić information content (AvgIpc) is 3.30. The van der Waals surface area contributed by atoms with Crippen molar-refractivity contribution in [1.29, 1.82) is 0 Å². The Labute approximate surface area is 127 Å². The molecule has 1 aliphatic carbocycles. The minimum atomic E-state index is 0.808. The smallest absolute Gasteiger partial charge is 0.0403 e. The van der Waals surface area contributed by atoms with Gasteiger partial charge in [0.25, 0.3) is 0 Å². The Morgan fingerprint density at radius 3 is 2.62 bits per heavy atom. The summed E-state index contributed by atoms with van der Waals surface area (Å²) < 4.78 is 0. The standard InChI is InChI=1S/C19H24N2/c1-21(2)14-15-6-5-8-18(12-15)20-13-17-7-3-4-9-19(17)16-10-11-16/h3-9,12,16,20H,10-11,13-14H2,1-2H3. The van der Waals surface area contributed by atoms with Crippen LogP contribution in [-0.4, -0.2) is 19.0 Å². The predicted molar refractivity (Wildman–Crippen MR) is 89.6 cm³/mol. The van der Waals surface area contributed by atoms with Crippen LogP contribution in [0.3, 0.4) is 0 Å². The van der Waals surface area contributed by atoms with Crippen molar-refractivity contribution in [2.45, 2.75) is 31.8 Å². The maximum atomic E-state index is 3.58. The lowest BCUT2D eigenvalue weighted by Gasteiger charge is -2.13. The van der Waals surface area contributed by atoms with E-state index in [1.165, 1.54) is 35.2 Å². The van der Waals surface area contributed by atoms with Gasteiger partial charge in [-0.15, -0.1) is 0 Å². The molecule has 110 valence electrons. The summed E-state index contributed by atoms with van der Waals surface area (Å²) in [7, 11) is 4.21. The lowest BCUT2D eigenvalue weighted by Crippen LogP contribution is -2.11. The Morgan fingerprint density at radius 2 is 1.86 bits per heavy atom. The molecule has 1 fully saturated rings. The van der Waals surface area contributed by atoms with Gasteiger partial charge in [-0.3, -0.25) is 0 Å². The van der Waals surface area contributed by atoms with Crippen molar-refractivity contribution in [2.75, 3.05) is 19.4 Å². The normalized spacial score (nSPS) is 14.4. The van der Waals surface area contributed by atoms with Crippen LogP contribution in [0.15, 0.2) is 48.5 Å². The number of rotatable bonds is 6. The maximum absolute atomic E-state index is 3.58. The molecular weight excluding hydrogens is 256 g/mol. The average molecular weight is 280 g/mol. The SMILES string of the molecule is CN(C)Cc1cccc(NCc2ccccc2C2CC2)c1. The van der Waals surface area contributed by atoms with Crippen molar-refractivity contribution in [3.8, 4) is 0 Å². The molecule has 2 nitrogen and oxygen atoms in total. The van der Waals surface area contributed by atoms with Crippen molar-refractivity contribution in [3.63, 3.8) is 0 Å². The van der Waals surface area contributed by atoms with E-state index in [2.05, 4.69) is 72.8 Å². The quantitative estimate of drug-likeness (QED) is 0.851. The zero-order valence-corrected chi connectivity index (χ0v) is 13.0. The molecule has 1 saturated carbocycles. The van der Waals surface area contributed by atoms with Gasteiger partial charge in [-0.25, -0.2) is 0 Å². The molecule has 0 radical (unpaired) electrons. The fourth-order valence-electron chi connectivity index (χ4n) is 2.83. The van der Waals surface area contributed by atoms with Crippen LogP contribution in [0.5, 0.6) is 0 Å². The van der Waals surface area contributed by atoms with Crippen molar-refractivity contribution in [1.82, 2.24) is 4.90 Å². The van der Waals surface area contributed by atoms with Gasteiger partial charge in [0, 0.05) is 18.8 Å². The third-order valence-corrected chi connectivity index (χ3v) is 3.98. The number of benzene rings is 2. The largest absolute Gasteiger partial charge is 0.381 e. The Hall–Kier alpha value is -1.80. The number of anilines is 1. The van der Waals surface area contributed by atoms with Gasteiger partial charge in [0.15, 0.2) is 0 Å². The van der Waals surface area contributed by atoms with Crippen LogP contribution in [0.25, 0.3) is 0 Å². The van der Waals surface area contributed by atoms with Gasteiger partial charge in [0.1, 0.15) is 0 Å². The first-order chi connectivity index (χ1) is 10.2. The second-order valence-corrected chi connectivity index (χ2v) is 6.26. The highest BCUT2D eigenvalue weighted by Crippen LogP contribution is 2.41. The molecule has 0 spiro atoms. The number of hydrogen-bond acceptors (Lipinski definition) is 2. The molecule has 0 unspecified atom stereocenters. The summed E-state index contributed by atoms with van der Waals surface area (Å²) in [5.74, 6) is 0.808. The zero-order chi connectivity index (χ0) is 14.7. The Morgan fingerprint density at radius 1 is 1.05 bits per heavy atom. The lowest BCUT2D eigenvalue weighted by atomic mass is 10.0. The molecule has 0 saturated heterocycles. The van der Waals surface area contributed by atoms with Crippen LogP contribution >= 0.6 is 0 Å². The third kappa shape index (κ3) is 3.85. The summed E-state index contributed by atoms with van der Waals surface area (Å²) in [4.78, 5) is 2.20. The van der Waals surface area contributed by atoms with Gasteiger partial charge < -0.3 is 10.2 Å². The van der Waals surface area contributed by atoms with E-state index in [4.69, 9.17) is 0 Å². The van der Waals surface area contributed by atoms with Crippen LogP contribution in [0, 0.1) is 0 Å². The summed E-state index contributed by atoms with van der Waals surface area (Å²) in [6.07, 6.45) is 2.71. The fourth-order valence-corrected chi connectivity index (χ4v) is 2.83. The second kappa shape index (κ2) is 6.31. The predicted octanol–water partition coefficient (Wildman–Crippen LogP) is 4.24. The Balaban J connectivity index is 1.67. The number of nitrogens with one attached hydrogen (secondary N) is 1. The van der Waals surface area contributed by atoms with Gasteiger partial charge in [-0.1, -0.05) is 36.4 Å². The molecule has 1 aliphatic rings. The first-order valence-corrected chi connectivity index (χ1v) is 7.78. The van der Waals surface area contributed by atoms with E-state index in [9.17, 15) is 0 Å². The van der Waals surface area contributed by atoms with E-state index < -0.39 is 0 Å². The Bertz CT molecular complexity index is 600. The molecule has 0 atom stereocenters. The topological polar surface area (TPSA) is 15.3 Å². The minimum absolute atomic E-state index is 0.808. The second-order valence-electron chi connectivity index (χ2n) is 6.26. The van der Waals surface area contributed by atoms with E-state index in [-0.39, 0.29) is 0 Å². The number of hydrogen-bond donors (Lipinski definition) is 1. The Kier molecular flexibility index (Phi) is 4.26. The third-order valence-electron chi connectivity index (χ3n) is 3.98. The van der Waals surface area contributed by atoms with Gasteiger partial charge in [0.2, 0.25) is 0 Å². The molecule has 2 aromatic carbocycles. The summed E-state index contributed by atoms with van der Waals surface area (Å²) in [5, 5.41) is 3.58. The van der Waals surface area contributed by atoms with Crippen LogP contribution in [0.1, 0.15) is 35.4 Å². The molecule has 21 heavy (non-hydrogen) atoms. The highest BCUT2D eigenvalue weighted by Gasteiger charge is 2.25. The summed E-state index contributed by atoms with van der Waals surface area (Å²) in [5.41, 5.74) is 5.54. The molecule has 0 aliphatic heterocycles. The van der Waals surface area contributed by atoms with Gasteiger partial charge in [-0.05, 0) is 61.7 Å². The first-order valence-electron chi connectivity index (χ1n) is 7.78. The molecule has 0 aromatic heterocycles. The molecule has 0 amide bonds. The monoisotopic (exact) mass is 280 g/mol. The van der Waals surface area contributed by atoms with E-state index in [0.29, 0.717) is 0 Å². The van der Waals surface area contributed by atoms with E-state index in [1.807, 2.05) is 0 Å². The van der Waals surface area contributed by atoms with E-state index in [0.717, 1.165) is 19.0 Å². The summed E-state index contributed by atoms with van der Waals surface area (Å²) in [6, 6.07) is 17.6. The molecule has 1 N–H and O–H groups in total. The van der Waals surface area contributed by atoms with Crippen molar-refractivity contribution in [3.05, 3.63) is 65.2 Å². The molecular formula is C19H24N2. The van der Waals surface area contributed by atoms with Gasteiger partial charge in [-0.2, -0.15) is 0 Å². The van der Waals surface area contributed by atoms with Crippen molar-refractivity contribution in [2.24, 2.45) is 0 Å². The van der Waals surface area contributed by atoms with Crippen LogP contribution in [0.4, 0.5) is 5.69 Å². The molecule has 2 heteroatoms. The number of nitrogens with zero attached hydrogens (tertiary/aromatic N) is 1. The van der Waals surface area contributed by atoms with Crippen molar-refractivity contribution < 1.29 is 0 Å². The van der Waals surface area contributed by atoms with Gasteiger partial charge >= 0.3 is 0 Å². The summed E-state index contributed by atoms with van der Waals surface area (Å²) in [6.45, 7) is 1.90. The minimum Gasteiger partial charge on any atom is -0.381 e. The highest BCUT2D eigenvalue weighted by atomic mass is 15.0. The molecule has 3 rings (SSSR count). The van der Waals surface area contributed by atoms with Crippen LogP contribution in [-0.2, 0) is 13.1 Å². The summed E-state index contributed by atoms with van der Waals surface area (Å²) >= 11 is 0. The fraction of sp³-hybridized carbons (Fsp3) is 0.368. The highest BCUT2D eigenvalue weighted by molar-refractivity contribution is 5.47. The molecule has 0 bridgehead atoms. The van der Waals surface area contributed by atoms with Crippen molar-refractivity contribution >= 4 is 5.69 Å². The van der Waals surface area contributed by atoms with Gasteiger partial charge in [0.05, 0.1) is 0 Å². The van der Waals surface area contributed by atoms with E-state index in [1.54, 1.807) is 0 Å². The van der Waals surface area contributed by atoms with Crippen LogP contribution in [0.2, 0.25) is 0 Å².